The Kier molecular flexibility index (Phi) is 5.06. The summed E-state index contributed by atoms with van der Waals surface area (Å²) in [6.07, 6.45) is 4.46. The van der Waals surface area contributed by atoms with Gasteiger partial charge in [0, 0.05) is 37.3 Å². The molecule has 0 aromatic heterocycles. The Bertz CT molecular complexity index is 386. The van der Waals surface area contributed by atoms with Gasteiger partial charge in [0.15, 0.2) is 0 Å². The lowest BCUT2D eigenvalue weighted by Gasteiger charge is -2.35. The zero-order valence-corrected chi connectivity index (χ0v) is 13.4. The van der Waals surface area contributed by atoms with E-state index in [0.717, 1.165) is 39.0 Å². The van der Waals surface area contributed by atoms with Crippen molar-refractivity contribution in [2.24, 2.45) is 5.92 Å². The van der Waals surface area contributed by atoms with E-state index in [1.807, 2.05) is 21.6 Å². The summed E-state index contributed by atoms with van der Waals surface area (Å²) in [6, 6.07) is 0. The molecule has 5 nitrogen and oxygen atoms in total. The van der Waals surface area contributed by atoms with Crippen LogP contribution in [0.3, 0.4) is 0 Å². The van der Waals surface area contributed by atoms with Crippen LogP contribution < -0.4 is 5.32 Å². The molecule has 2 aliphatic heterocycles. The number of thioether (sulfide) groups is 1. The van der Waals surface area contributed by atoms with Crippen LogP contribution in [0.4, 0.5) is 0 Å². The fourth-order valence-electron chi connectivity index (χ4n) is 3.01. The summed E-state index contributed by atoms with van der Waals surface area (Å²) in [5, 5.41) is 3.98. The number of piperazine rings is 1. The van der Waals surface area contributed by atoms with Crippen molar-refractivity contribution < 1.29 is 9.59 Å². The van der Waals surface area contributed by atoms with Gasteiger partial charge in [-0.1, -0.05) is 0 Å². The third-order valence-corrected chi connectivity index (χ3v) is 5.96. The minimum Gasteiger partial charge on any atom is -0.339 e. The van der Waals surface area contributed by atoms with Crippen LogP contribution in [-0.4, -0.2) is 71.9 Å². The summed E-state index contributed by atoms with van der Waals surface area (Å²) >= 11 is 1.81. The Hall–Kier alpha value is -0.750. The Morgan fingerprint density at radius 1 is 0.952 bits per heavy atom. The monoisotopic (exact) mass is 311 g/mol. The minimum atomic E-state index is 0.247. The number of nitrogens with one attached hydrogen (secondary N) is 1. The van der Waals surface area contributed by atoms with Crippen molar-refractivity contribution in [1.82, 2.24) is 15.1 Å². The van der Waals surface area contributed by atoms with Gasteiger partial charge >= 0.3 is 0 Å². The highest BCUT2D eigenvalue weighted by Gasteiger charge is 2.35. The van der Waals surface area contributed by atoms with Crippen LogP contribution in [0.15, 0.2) is 0 Å². The van der Waals surface area contributed by atoms with E-state index in [-0.39, 0.29) is 5.91 Å². The van der Waals surface area contributed by atoms with E-state index < -0.39 is 0 Å². The highest BCUT2D eigenvalue weighted by atomic mass is 32.2. The first-order valence-corrected chi connectivity index (χ1v) is 9.18. The third-order valence-electron chi connectivity index (χ3n) is 4.60. The average Bonchev–Trinajstić information content (AvgIpc) is 3.38. The van der Waals surface area contributed by atoms with Crippen molar-refractivity contribution in [2.45, 2.75) is 30.9 Å². The molecule has 6 heteroatoms. The van der Waals surface area contributed by atoms with Crippen molar-refractivity contribution in [3.63, 3.8) is 0 Å². The van der Waals surface area contributed by atoms with E-state index in [4.69, 9.17) is 0 Å². The van der Waals surface area contributed by atoms with Crippen LogP contribution >= 0.6 is 11.8 Å². The molecule has 3 fully saturated rings. The predicted octanol–water partition coefficient (Wildman–Crippen LogP) is 0.552. The normalized spacial score (nSPS) is 24.2. The first-order valence-electron chi connectivity index (χ1n) is 8.13. The van der Waals surface area contributed by atoms with Gasteiger partial charge in [0.05, 0.1) is 5.75 Å². The largest absolute Gasteiger partial charge is 0.339 e. The molecule has 118 valence electrons. The fraction of sp³-hybridized carbons (Fsp3) is 0.867. The van der Waals surface area contributed by atoms with Crippen molar-refractivity contribution in [2.75, 3.05) is 45.0 Å². The maximum atomic E-state index is 12.2. The molecule has 2 saturated heterocycles. The maximum Gasteiger partial charge on any atom is 0.232 e. The number of carbonyl (C=O) groups excluding carboxylic acids is 2. The molecule has 1 saturated carbocycles. The second-order valence-corrected chi connectivity index (χ2v) is 7.53. The number of nitrogens with zero attached hydrogens (tertiary/aromatic N) is 2. The molecular weight excluding hydrogens is 286 g/mol. The summed E-state index contributed by atoms with van der Waals surface area (Å²) < 4.78 is 0. The molecule has 3 aliphatic rings. The van der Waals surface area contributed by atoms with Gasteiger partial charge in [-0.15, -0.1) is 11.8 Å². The number of hydrogen-bond acceptors (Lipinski definition) is 4. The van der Waals surface area contributed by atoms with Crippen molar-refractivity contribution in [3.05, 3.63) is 0 Å². The van der Waals surface area contributed by atoms with Gasteiger partial charge < -0.3 is 15.1 Å². The second kappa shape index (κ2) is 7.01. The van der Waals surface area contributed by atoms with Gasteiger partial charge in [-0.05, 0) is 38.8 Å². The Labute approximate surface area is 130 Å². The van der Waals surface area contributed by atoms with Crippen molar-refractivity contribution in [3.8, 4) is 0 Å². The van der Waals surface area contributed by atoms with Crippen molar-refractivity contribution in [1.29, 1.82) is 0 Å². The Balaban J connectivity index is 1.37. The maximum absolute atomic E-state index is 12.2. The zero-order chi connectivity index (χ0) is 14.7. The third kappa shape index (κ3) is 4.13. The van der Waals surface area contributed by atoms with Crippen LogP contribution in [0, 0.1) is 5.92 Å². The topological polar surface area (TPSA) is 52.7 Å². The molecule has 1 N–H and O–H groups in total. The highest BCUT2D eigenvalue weighted by molar-refractivity contribution is 8.00. The van der Waals surface area contributed by atoms with Crippen LogP contribution in [0.2, 0.25) is 0 Å². The van der Waals surface area contributed by atoms with Gasteiger partial charge in [0.2, 0.25) is 11.8 Å². The van der Waals surface area contributed by atoms with Crippen LogP contribution in [0.25, 0.3) is 0 Å². The van der Waals surface area contributed by atoms with Crippen molar-refractivity contribution >= 4 is 23.6 Å². The fourth-order valence-corrected chi connectivity index (χ4v) is 4.14. The zero-order valence-electron chi connectivity index (χ0n) is 12.6. The van der Waals surface area contributed by atoms with Gasteiger partial charge in [0.1, 0.15) is 0 Å². The van der Waals surface area contributed by atoms with Gasteiger partial charge in [0.25, 0.3) is 0 Å². The number of rotatable bonds is 4. The molecule has 0 radical (unpaired) electrons. The second-order valence-electron chi connectivity index (χ2n) is 6.24. The van der Waals surface area contributed by atoms with E-state index in [2.05, 4.69) is 5.32 Å². The Morgan fingerprint density at radius 2 is 1.57 bits per heavy atom. The quantitative estimate of drug-likeness (QED) is 0.824. The molecule has 0 unspecified atom stereocenters. The number of amides is 2. The SMILES string of the molecule is O=C(CSC1CCNCC1)N1CCN(C(=O)C2CC2)CC1. The summed E-state index contributed by atoms with van der Waals surface area (Å²) in [5.41, 5.74) is 0. The highest BCUT2D eigenvalue weighted by Crippen LogP contribution is 2.31. The molecule has 0 atom stereocenters. The van der Waals surface area contributed by atoms with E-state index in [1.165, 1.54) is 12.8 Å². The molecule has 3 rings (SSSR count). The summed E-state index contributed by atoms with van der Waals surface area (Å²) in [7, 11) is 0. The lowest BCUT2D eigenvalue weighted by Crippen LogP contribution is -2.51. The van der Waals surface area contributed by atoms with Crippen LogP contribution in [0.5, 0.6) is 0 Å². The molecule has 0 aromatic rings. The standard InChI is InChI=1S/C15H25N3O2S/c19-14(11-21-13-3-5-16-6-4-13)17-7-9-18(10-8-17)15(20)12-1-2-12/h12-13,16H,1-11H2. The molecule has 1 aliphatic carbocycles. The molecule has 0 spiro atoms. The first-order chi connectivity index (χ1) is 10.2. The van der Waals surface area contributed by atoms with E-state index in [1.54, 1.807) is 0 Å². The van der Waals surface area contributed by atoms with E-state index in [9.17, 15) is 9.59 Å². The first kappa shape index (κ1) is 15.2. The number of carbonyl (C=O) groups is 2. The summed E-state index contributed by atoms with van der Waals surface area (Å²) in [6.45, 7) is 5.02. The summed E-state index contributed by atoms with van der Waals surface area (Å²) in [4.78, 5) is 28.1. The van der Waals surface area contributed by atoms with E-state index in [0.29, 0.717) is 35.9 Å². The van der Waals surface area contributed by atoms with E-state index >= 15 is 0 Å². The molecule has 0 bridgehead atoms. The Morgan fingerprint density at radius 3 is 2.19 bits per heavy atom. The van der Waals surface area contributed by atoms with Crippen LogP contribution in [-0.2, 0) is 9.59 Å². The van der Waals surface area contributed by atoms with Gasteiger partial charge in [-0.2, -0.15) is 0 Å². The van der Waals surface area contributed by atoms with Crippen LogP contribution in [0.1, 0.15) is 25.7 Å². The average molecular weight is 311 g/mol. The van der Waals surface area contributed by atoms with Gasteiger partial charge in [-0.3, -0.25) is 9.59 Å². The molecule has 21 heavy (non-hydrogen) atoms. The molecular formula is C15H25N3O2S. The minimum absolute atomic E-state index is 0.247. The summed E-state index contributed by atoms with van der Waals surface area (Å²) in [5.74, 6) is 1.45. The number of hydrogen-bond donors (Lipinski definition) is 1. The lowest BCUT2D eigenvalue weighted by molar-refractivity contribution is -0.139. The number of piperidine rings is 1. The van der Waals surface area contributed by atoms with Gasteiger partial charge in [-0.25, -0.2) is 0 Å². The lowest BCUT2D eigenvalue weighted by atomic mass is 10.2. The smallest absolute Gasteiger partial charge is 0.232 e. The molecule has 0 aromatic carbocycles. The predicted molar refractivity (Wildman–Crippen MR) is 84.2 cm³/mol. The molecule has 2 amide bonds. The molecule has 2 heterocycles.